The molecule has 0 atom stereocenters. The van der Waals surface area contributed by atoms with Crippen LogP contribution in [0.15, 0.2) is 28.5 Å². The lowest BCUT2D eigenvalue weighted by Gasteiger charge is -2.07. The minimum atomic E-state index is -3.72. The van der Waals surface area contributed by atoms with Crippen LogP contribution >= 0.6 is 22.9 Å². The maximum absolute atomic E-state index is 12.2. The van der Waals surface area contributed by atoms with Crippen molar-refractivity contribution in [3.63, 3.8) is 0 Å². The van der Waals surface area contributed by atoms with Gasteiger partial charge in [-0.1, -0.05) is 22.9 Å². The summed E-state index contributed by atoms with van der Waals surface area (Å²) < 4.78 is 32.2. The molecule has 9 heteroatoms. The van der Waals surface area contributed by atoms with Crippen LogP contribution in [0.5, 0.6) is 5.75 Å². The van der Waals surface area contributed by atoms with Gasteiger partial charge in [0.1, 0.15) is 11.8 Å². The van der Waals surface area contributed by atoms with Gasteiger partial charge in [-0.2, -0.15) is 5.26 Å². The van der Waals surface area contributed by atoms with Gasteiger partial charge in [0, 0.05) is 5.69 Å². The second-order valence-electron chi connectivity index (χ2n) is 3.92. The molecule has 2 aromatic rings. The highest BCUT2D eigenvalue weighted by molar-refractivity contribution is 7.94. The largest absolute Gasteiger partial charge is 0.479 e. The molecule has 1 N–H and O–H groups in total. The highest BCUT2D eigenvalue weighted by Crippen LogP contribution is 2.28. The lowest BCUT2D eigenvalue weighted by molar-refractivity contribution is 0.368. The number of halogens is 1. The average Bonchev–Trinajstić information content (AvgIpc) is 2.77. The molecule has 0 bridgehead atoms. The standard InChI is InChI=1S/C12H10ClN3O3S2/c1-8-11(20-12(13)15-8)21(17,18)16-9-2-4-10(5-3-9)19-7-6-14/h2-5,16H,7H2,1H3. The van der Waals surface area contributed by atoms with E-state index in [1.165, 1.54) is 0 Å². The molecule has 1 heterocycles. The van der Waals surface area contributed by atoms with Crippen LogP contribution in [0.2, 0.25) is 4.47 Å². The molecule has 2 rings (SSSR count). The minimum absolute atomic E-state index is 0.0658. The molecule has 1 aromatic carbocycles. The Labute approximate surface area is 131 Å². The molecule has 0 spiro atoms. The summed E-state index contributed by atoms with van der Waals surface area (Å²) in [4.78, 5) is 3.88. The zero-order chi connectivity index (χ0) is 15.5. The van der Waals surface area contributed by atoms with E-state index in [-0.39, 0.29) is 15.3 Å². The molecule has 6 nitrogen and oxygen atoms in total. The summed E-state index contributed by atoms with van der Waals surface area (Å²) >= 11 is 6.61. The van der Waals surface area contributed by atoms with Crippen LogP contribution in [0.1, 0.15) is 5.69 Å². The Hall–Kier alpha value is -1.82. The normalized spacial score (nSPS) is 10.9. The van der Waals surface area contributed by atoms with Gasteiger partial charge in [-0.15, -0.1) is 0 Å². The second kappa shape index (κ2) is 6.30. The van der Waals surface area contributed by atoms with Crippen molar-refractivity contribution in [2.24, 2.45) is 0 Å². The van der Waals surface area contributed by atoms with Crippen LogP contribution in [-0.4, -0.2) is 20.0 Å². The fourth-order valence-corrected chi connectivity index (χ4v) is 4.33. The summed E-state index contributed by atoms with van der Waals surface area (Å²) in [6.07, 6.45) is 0. The van der Waals surface area contributed by atoms with Gasteiger partial charge in [-0.05, 0) is 31.2 Å². The first-order chi connectivity index (χ1) is 9.92. The molecule has 0 amide bonds. The highest BCUT2D eigenvalue weighted by atomic mass is 35.5. The number of thiazole rings is 1. The molecule has 0 radical (unpaired) electrons. The molecule has 0 saturated heterocycles. The van der Waals surface area contributed by atoms with Crippen LogP contribution < -0.4 is 9.46 Å². The predicted molar refractivity (Wildman–Crippen MR) is 80.2 cm³/mol. The first kappa shape index (κ1) is 15.6. The number of nitrogens with one attached hydrogen (secondary N) is 1. The molecule has 1 aromatic heterocycles. The molecule has 0 aliphatic heterocycles. The van der Waals surface area contributed by atoms with E-state index in [0.717, 1.165) is 11.3 Å². The van der Waals surface area contributed by atoms with Gasteiger partial charge in [-0.25, -0.2) is 13.4 Å². The van der Waals surface area contributed by atoms with E-state index >= 15 is 0 Å². The van der Waals surface area contributed by atoms with Crippen molar-refractivity contribution in [2.45, 2.75) is 11.1 Å². The molecule has 0 fully saturated rings. The van der Waals surface area contributed by atoms with Crippen molar-refractivity contribution in [2.75, 3.05) is 11.3 Å². The summed E-state index contributed by atoms with van der Waals surface area (Å²) in [5.41, 5.74) is 0.731. The number of aryl methyl sites for hydroxylation is 1. The first-order valence-electron chi connectivity index (χ1n) is 5.68. The number of hydrogen-bond acceptors (Lipinski definition) is 6. The van der Waals surface area contributed by atoms with Gasteiger partial charge in [0.15, 0.2) is 15.3 Å². The molecule has 21 heavy (non-hydrogen) atoms. The summed E-state index contributed by atoms with van der Waals surface area (Å²) in [7, 11) is -3.72. The lowest BCUT2D eigenvalue weighted by atomic mass is 10.3. The fraction of sp³-hybridized carbons (Fsp3) is 0.167. The topological polar surface area (TPSA) is 92.1 Å². The lowest BCUT2D eigenvalue weighted by Crippen LogP contribution is -2.12. The van der Waals surface area contributed by atoms with E-state index in [0.29, 0.717) is 17.1 Å². The maximum Gasteiger partial charge on any atom is 0.273 e. The van der Waals surface area contributed by atoms with Crippen molar-refractivity contribution >= 4 is 38.6 Å². The fourth-order valence-electron chi connectivity index (χ4n) is 1.54. The SMILES string of the molecule is Cc1nc(Cl)sc1S(=O)(=O)Nc1ccc(OCC#N)cc1. The van der Waals surface area contributed by atoms with Gasteiger partial charge < -0.3 is 4.74 Å². The van der Waals surface area contributed by atoms with Gasteiger partial charge in [0.25, 0.3) is 10.0 Å². The van der Waals surface area contributed by atoms with Gasteiger partial charge >= 0.3 is 0 Å². The number of ether oxygens (including phenoxy) is 1. The van der Waals surface area contributed by atoms with Crippen LogP contribution in [-0.2, 0) is 10.0 Å². The van der Waals surface area contributed by atoms with E-state index in [2.05, 4.69) is 9.71 Å². The number of anilines is 1. The Morgan fingerprint density at radius 1 is 1.43 bits per heavy atom. The number of hydrogen-bond donors (Lipinski definition) is 1. The van der Waals surface area contributed by atoms with E-state index in [4.69, 9.17) is 21.6 Å². The van der Waals surface area contributed by atoms with Crippen molar-refractivity contribution in [1.82, 2.24) is 4.98 Å². The van der Waals surface area contributed by atoms with E-state index in [1.807, 2.05) is 6.07 Å². The summed E-state index contributed by atoms with van der Waals surface area (Å²) in [6, 6.07) is 8.08. The van der Waals surface area contributed by atoms with Crippen molar-refractivity contribution in [1.29, 1.82) is 5.26 Å². The number of nitrogens with zero attached hydrogens (tertiary/aromatic N) is 2. The average molecular weight is 344 g/mol. The Kier molecular flexibility index (Phi) is 4.67. The molecular formula is C12H10ClN3O3S2. The van der Waals surface area contributed by atoms with Gasteiger partial charge in [0.05, 0.1) is 5.69 Å². The van der Waals surface area contributed by atoms with Crippen molar-refractivity contribution in [3.8, 4) is 11.8 Å². The summed E-state index contributed by atoms with van der Waals surface area (Å²) in [6.45, 7) is 1.51. The maximum atomic E-state index is 12.2. The summed E-state index contributed by atoms with van der Waals surface area (Å²) in [5.74, 6) is 0.483. The third kappa shape index (κ3) is 3.85. The number of sulfonamides is 1. The first-order valence-corrected chi connectivity index (χ1v) is 8.35. The van der Waals surface area contributed by atoms with Crippen LogP contribution in [0, 0.1) is 18.3 Å². The molecule has 0 aliphatic rings. The number of aromatic nitrogens is 1. The second-order valence-corrected chi connectivity index (χ2v) is 7.38. The Morgan fingerprint density at radius 3 is 2.62 bits per heavy atom. The quantitative estimate of drug-likeness (QED) is 0.901. The molecule has 0 aliphatic carbocycles. The number of nitriles is 1. The third-order valence-electron chi connectivity index (χ3n) is 2.38. The van der Waals surface area contributed by atoms with Crippen molar-refractivity contribution in [3.05, 3.63) is 34.4 Å². The van der Waals surface area contributed by atoms with E-state index in [1.54, 1.807) is 31.2 Å². The smallest absolute Gasteiger partial charge is 0.273 e. The molecule has 0 unspecified atom stereocenters. The van der Waals surface area contributed by atoms with Crippen molar-refractivity contribution < 1.29 is 13.2 Å². The molecule has 0 saturated carbocycles. The minimum Gasteiger partial charge on any atom is -0.479 e. The molecular weight excluding hydrogens is 334 g/mol. The third-order valence-corrected chi connectivity index (χ3v) is 5.63. The molecule has 110 valence electrons. The Balaban J connectivity index is 2.17. The van der Waals surface area contributed by atoms with Crippen LogP contribution in [0.4, 0.5) is 5.69 Å². The summed E-state index contributed by atoms with van der Waals surface area (Å²) in [5, 5.41) is 8.41. The Morgan fingerprint density at radius 2 is 2.10 bits per heavy atom. The number of benzene rings is 1. The number of rotatable bonds is 5. The predicted octanol–water partition coefficient (Wildman–Crippen LogP) is 2.81. The van der Waals surface area contributed by atoms with Crippen LogP contribution in [0.25, 0.3) is 0 Å². The van der Waals surface area contributed by atoms with Gasteiger partial charge in [0.2, 0.25) is 0 Å². The van der Waals surface area contributed by atoms with Crippen LogP contribution in [0.3, 0.4) is 0 Å². The monoisotopic (exact) mass is 343 g/mol. The highest BCUT2D eigenvalue weighted by Gasteiger charge is 2.21. The Bertz CT molecular complexity index is 779. The van der Waals surface area contributed by atoms with E-state index in [9.17, 15) is 8.42 Å². The van der Waals surface area contributed by atoms with Gasteiger partial charge in [-0.3, -0.25) is 4.72 Å². The zero-order valence-electron chi connectivity index (χ0n) is 10.8. The zero-order valence-corrected chi connectivity index (χ0v) is 13.2. The van der Waals surface area contributed by atoms with E-state index < -0.39 is 10.0 Å².